The third kappa shape index (κ3) is 2.88. The summed E-state index contributed by atoms with van der Waals surface area (Å²) in [6, 6.07) is 3.24. The van der Waals surface area contributed by atoms with Gasteiger partial charge >= 0.3 is 0 Å². The molecular formula is C11H12BrNO3. The van der Waals surface area contributed by atoms with Crippen molar-refractivity contribution in [2.45, 2.75) is 20.3 Å². The Morgan fingerprint density at radius 2 is 2.00 bits per heavy atom. The van der Waals surface area contributed by atoms with E-state index in [9.17, 15) is 14.9 Å². The first-order valence-electron chi connectivity index (χ1n) is 4.78. The Balaban J connectivity index is 3.10. The van der Waals surface area contributed by atoms with Gasteiger partial charge in [-0.05, 0) is 31.0 Å². The minimum Gasteiger partial charge on any atom is -0.298 e. The number of nitro benzene ring substituents is 1. The number of carbonyl (C=O) groups is 1. The van der Waals surface area contributed by atoms with E-state index in [0.717, 1.165) is 11.1 Å². The van der Waals surface area contributed by atoms with Crippen LogP contribution in [0, 0.1) is 24.0 Å². The van der Waals surface area contributed by atoms with Crippen molar-refractivity contribution in [3.63, 3.8) is 0 Å². The molecule has 1 aromatic carbocycles. The molecule has 0 bridgehead atoms. The van der Waals surface area contributed by atoms with E-state index in [0.29, 0.717) is 17.3 Å². The Kier molecular flexibility index (Phi) is 4.18. The highest BCUT2D eigenvalue weighted by molar-refractivity contribution is 9.09. The van der Waals surface area contributed by atoms with Crippen molar-refractivity contribution < 1.29 is 9.72 Å². The first-order valence-corrected chi connectivity index (χ1v) is 5.90. The summed E-state index contributed by atoms with van der Waals surface area (Å²) in [5.41, 5.74) is 2.33. The van der Waals surface area contributed by atoms with Crippen LogP contribution in [0.1, 0.15) is 16.7 Å². The summed E-state index contributed by atoms with van der Waals surface area (Å²) in [7, 11) is 0. The molecule has 0 unspecified atom stereocenters. The maximum atomic E-state index is 11.3. The summed E-state index contributed by atoms with van der Waals surface area (Å²) >= 11 is 3.10. The Morgan fingerprint density at radius 1 is 1.38 bits per heavy atom. The summed E-state index contributed by atoms with van der Waals surface area (Å²) in [6.07, 6.45) is 0.315. The molecule has 0 aromatic heterocycles. The van der Waals surface area contributed by atoms with Crippen molar-refractivity contribution in [1.82, 2.24) is 0 Å². The number of alkyl halides is 1. The molecule has 16 heavy (non-hydrogen) atoms. The molecule has 0 aliphatic carbocycles. The number of Topliss-reactive ketones (excluding diaryl/α,β-unsaturated/α-hetero) is 1. The molecule has 0 aliphatic rings. The summed E-state index contributed by atoms with van der Waals surface area (Å²) in [4.78, 5) is 21.6. The van der Waals surface area contributed by atoms with Crippen LogP contribution in [0.4, 0.5) is 5.69 Å². The number of hydrogen-bond donors (Lipinski definition) is 0. The smallest absolute Gasteiger partial charge is 0.272 e. The van der Waals surface area contributed by atoms with Gasteiger partial charge in [0, 0.05) is 18.1 Å². The average molecular weight is 286 g/mol. The van der Waals surface area contributed by atoms with Gasteiger partial charge in [0.25, 0.3) is 5.69 Å². The van der Waals surface area contributed by atoms with Gasteiger partial charge in [-0.15, -0.1) is 0 Å². The van der Waals surface area contributed by atoms with Crippen LogP contribution < -0.4 is 0 Å². The van der Waals surface area contributed by atoms with Crippen molar-refractivity contribution in [2.24, 2.45) is 0 Å². The van der Waals surface area contributed by atoms with Crippen LogP contribution in [0.25, 0.3) is 0 Å². The largest absolute Gasteiger partial charge is 0.298 e. The fraction of sp³-hybridized carbons (Fsp3) is 0.364. The minimum atomic E-state index is -0.404. The number of aryl methyl sites for hydroxylation is 2. The molecule has 1 rings (SSSR count). The molecule has 0 fully saturated rings. The molecule has 0 saturated carbocycles. The second-order valence-corrected chi connectivity index (χ2v) is 4.23. The number of benzene rings is 1. The summed E-state index contributed by atoms with van der Waals surface area (Å²) in [5.74, 6) is 0.0661. The maximum absolute atomic E-state index is 11.3. The minimum absolute atomic E-state index is 0.0661. The van der Waals surface area contributed by atoms with Gasteiger partial charge < -0.3 is 0 Å². The molecular weight excluding hydrogens is 274 g/mol. The third-order valence-corrected chi connectivity index (χ3v) is 3.01. The molecule has 0 saturated heterocycles. The van der Waals surface area contributed by atoms with E-state index in [1.165, 1.54) is 6.07 Å². The molecule has 0 N–H and O–H groups in total. The Labute approximate surface area is 102 Å². The van der Waals surface area contributed by atoms with Gasteiger partial charge in [0.1, 0.15) is 5.78 Å². The van der Waals surface area contributed by atoms with E-state index in [4.69, 9.17) is 0 Å². The van der Waals surface area contributed by atoms with E-state index < -0.39 is 4.92 Å². The van der Waals surface area contributed by atoms with E-state index in [-0.39, 0.29) is 11.5 Å². The number of hydrogen-bond acceptors (Lipinski definition) is 3. The zero-order valence-electron chi connectivity index (χ0n) is 9.12. The second kappa shape index (κ2) is 5.21. The molecule has 0 aliphatic heterocycles. The SMILES string of the molecule is Cc1cc([N+](=O)[O-])c(C)cc1CC(=O)CBr. The third-order valence-electron chi connectivity index (χ3n) is 2.39. The Morgan fingerprint density at radius 3 is 2.50 bits per heavy atom. The number of nitrogens with zero attached hydrogens (tertiary/aromatic N) is 1. The molecule has 0 radical (unpaired) electrons. The summed E-state index contributed by atoms with van der Waals surface area (Å²) in [5, 5.41) is 11.0. The molecule has 4 nitrogen and oxygen atoms in total. The molecule has 0 spiro atoms. The van der Waals surface area contributed by atoms with Crippen LogP contribution in [0.2, 0.25) is 0 Å². The van der Waals surface area contributed by atoms with E-state index in [1.54, 1.807) is 19.9 Å². The monoisotopic (exact) mass is 285 g/mol. The topological polar surface area (TPSA) is 60.2 Å². The van der Waals surface area contributed by atoms with Gasteiger partial charge in [-0.1, -0.05) is 15.9 Å². The lowest BCUT2D eigenvalue weighted by molar-refractivity contribution is -0.385. The summed E-state index contributed by atoms with van der Waals surface area (Å²) < 4.78 is 0. The second-order valence-electron chi connectivity index (χ2n) is 3.67. The normalized spacial score (nSPS) is 10.2. The van der Waals surface area contributed by atoms with Crippen molar-refractivity contribution in [1.29, 1.82) is 0 Å². The van der Waals surface area contributed by atoms with Crippen molar-refractivity contribution in [3.8, 4) is 0 Å². The number of nitro groups is 1. The van der Waals surface area contributed by atoms with Crippen LogP contribution in [-0.2, 0) is 11.2 Å². The molecule has 5 heteroatoms. The standard InChI is InChI=1S/C11H12BrNO3/c1-7-4-11(13(15)16)8(2)3-9(7)5-10(14)6-12/h3-4H,5-6H2,1-2H3. The van der Waals surface area contributed by atoms with Crippen molar-refractivity contribution in [3.05, 3.63) is 38.9 Å². The Bertz CT molecular complexity index is 443. The lowest BCUT2D eigenvalue weighted by Crippen LogP contribution is -2.06. The van der Waals surface area contributed by atoms with E-state index in [1.807, 2.05) is 0 Å². The molecule has 86 valence electrons. The fourth-order valence-corrected chi connectivity index (χ4v) is 1.71. The lowest BCUT2D eigenvalue weighted by atomic mass is 10.00. The zero-order chi connectivity index (χ0) is 12.3. The van der Waals surface area contributed by atoms with E-state index >= 15 is 0 Å². The lowest BCUT2D eigenvalue weighted by Gasteiger charge is -2.06. The zero-order valence-corrected chi connectivity index (χ0v) is 10.7. The van der Waals surface area contributed by atoms with Gasteiger partial charge in [0.05, 0.1) is 10.3 Å². The first kappa shape index (κ1) is 12.8. The molecule has 0 heterocycles. The number of rotatable bonds is 4. The predicted molar refractivity (Wildman–Crippen MR) is 65.1 cm³/mol. The molecule has 0 atom stereocenters. The number of halogens is 1. The first-order chi connectivity index (χ1) is 7.45. The highest BCUT2D eigenvalue weighted by Gasteiger charge is 2.14. The highest BCUT2D eigenvalue weighted by atomic mass is 79.9. The van der Waals surface area contributed by atoms with Gasteiger partial charge in [-0.3, -0.25) is 14.9 Å². The predicted octanol–water partition coefficient (Wildman–Crippen LogP) is 2.72. The number of carbonyl (C=O) groups excluding carboxylic acids is 1. The highest BCUT2D eigenvalue weighted by Crippen LogP contribution is 2.23. The van der Waals surface area contributed by atoms with Gasteiger partial charge in [0.2, 0.25) is 0 Å². The number of ketones is 1. The van der Waals surface area contributed by atoms with Crippen molar-refractivity contribution >= 4 is 27.4 Å². The van der Waals surface area contributed by atoms with Gasteiger partial charge in [-0.25, -0.2) is 0 Å². The van der Waals surface area contributed by atoms with Crippen LogP contribution in [0.15, 0.2) is 12.1 Å². The maximum Gasteiger partial charge on any atom is 0.272 e. The van der Waals surface area contributed by atoms with Crippen LogP contribution in [0.3, 0.4) is 0 Å². The average Bonchev–Trinajstić information content (AvgIpc) is 2.22. The quantitative estimate of drug-likeness (QED) is 0.485. The van der Waals surface area contributed by atoms with Crippen LogP contribution in [-0.4, -0.2) is 16.0 Å². The van der Waals surface area contributed by atoms with Crippen molar-refractivity contribution in [2.75, 3.05) is 5.33 Å². The molecule has 0 amide bonds. The van der Waals surface area contributed by atoms with Gasteiger partial charge in [-0.2, -0.15) is 0 Å². The molecule has 1 aromatic rings. The van der Waals surface area contributed by atoms with Gasteiger partial charge in [0.15, 0.2) is 0 Å². The van der Waals surface area contributed by atoms with E-state index in [2.05, 4.69) is 15.9 Å². The van der Waals surface area contributed by atoms with Crippen LogP contribution >= 0.6 is 15.9 Å². The Hall–Kier alpha value is -1.23. The van der Waals surface area contributed by atoms with Crippen LogP contribution in [0.5, 0.6) is 0 Å². The fourth-order valence-electron chi connectivity index (χ4n) is 1.51. The summed E-state index contributed by atoms with van der Waals surface area (Å²) in [6.45, 7) is 3.46.